The van der Waals surface area contributed by atoms with Crippen LogP contribution in [-0.2, 0) is 5.60 Å². The number of nitrogens with one attached hydrogen (secondary N) is 1. The fourth-order valence-corrected chi connectivity index (χ4v) is 2.20. The van der Waals surface area contributed by atoms with Crippen LogP contribution in [0.5, 0.6) is 5.75 Å². The molecule has 0 aliphatic heterocycles. The van der Waals surface area contributed by atoms with Gasteiger partial charge in [-0.15, -0.1) is 0 Å². The highest BCUT2D eigenvalue weighted by Crippen LogP contribution is 2.38. The number of hydrogen-bond acceptors (Lipinski definition) is 3. The zero-order valence-electron chi connectivity index (χ0n) is 13.1. The SMILES string of the molecule is COc1ccc(C(=O)NC[C@@](O)(c2ccccc2)C(F)(F)F)cc1F. The Morgan fingerprint density at radius 1 is 1.16 bits per heavy atom. The van der Waals surface area contributed by atoms with E-state index in [1.54, 1.807) is 0 Å². The highest BCUT2D eigenvalue weighted by atomic mass is 19.4. The molecule has 0 radical (unpaired) electrons. The fraction of sp³-hybridized carbons (Fsp3) is 0.235. The van der Waals surface area contributed by atoms with E-state index in [0.29, 0.717) is 0 Å². The van der Waals surface area contributed by atoms with Crippen molar-refractivity contribution in [2.24, 2.45) is 0 Å². The average Bonchev–Trinajstić information content (AvgIpc) is 2.59. The van der Waals surface area contributed by atoms with E-state index in [4.69, 9.17) is 4.74 Å². The number of ether oxygens (including phenoxy) is 1. The highest BCUT2D eigenvalue weighted by molar-refractivity contribution is 5.94. The van der Waals surface area contributed by atoms with Gasteiger partial charge in [-0.05, 0) is 23.8 Å². The number of carbonyl (C=O) groups is 1. The number of hydrogen-bond donors (Lipinski definition) is 2. The molecule has 0 bridgehead atoms. The maximum absolute atomic E-state index is 13.6. The summed E-state index contributed by atoms with van der Waals surface area (Å²) < 4.78 is 58.3. The van der Waals surface area contributed by atoms with Crippen LogP contribution in [0.3, 0.4) is 0 Å². The molecule has 0 saturated heterocycles. The zero-order chi connectivity index (χ0) is 18.7. The third-order valence-corrected chi connectivity index (χ3v) is 3.64. The van der Waals surface area contributed by atoms with E-state index < -0.39 is 35.6 Å². The van der Waals surface area contributed by atoms with Crippen LogP contribution in [0.15, 0.2) is 48.5 Å². The zero-order valence-corrected chi connectivity index (χ0v) is 13.1. The Morgan fingerprint density at radius 3 is 2.32 bits per heavy atom. The summed E-state index contributed by atoms with van der Waals surface area (Å²) in [7, 11) is 1.24. The first kappa shape index (κ1) is 18.7. The maximum atomic E-state index is 13.6. The molecule has 0 saturated carbocycles. The van der Waals surface area contributed by atoms with Crippen molar-refractivity contribution in [3.05, 3.63) is 65.5 Å². The number of carbonyl (C=O) groups excluding carboxylic acids is 1. The summed E-state index contributed by atoms with van der Waals surface area (Å²) in [5, 5.41) is 12.1. The van der Waals surface area contributed by atoms with Crippen LogP contribution >= 0.6 is 0 Å². The van der Waals surface area contributed by atoms with Crippen molar-refractivity contribution in [3.8, 4) is 5.75 Å². The number of methoxy groups -OCH3 is 1. The molecular weight excluding hydrogens is 342 g/mol. The Kier molecular flexibility index (Phi) is 5.32. The van der Waals surface area contributed by atoms with Crippen LogP contribution < -0.4 is 10.1 Å². The Bertz CT molecular complexity index is 749. The van der Waals surface area contributed by atoms with Crippen LogP contribution in [-0.4, -0.2) is 30.8 Å². The first-order valence-electron chi connectivity index (χ1n) is 7.15. The summed E-state index contributed by atoms with van der Waals surface area (Å²) in [5.41, 5.74) is -3.88. The molecule has 2 aromatic rings. The molecule has 0 aliphatic carbocycles. The molecule has 2 rings (SSSR count). The van der Waals surface area contributed by atoms with Crippen LogP contribution in [0, 0.1) is 5.82 Å². The largest absolute Gasteiger partial charge is 0.494 e. The second-order valence-corrected chi connectivity index (χ2v) is 5.26. The molecule has 1 amide bonds. The van der Waals surface area contributed by atoms with E-state index in [-0.39, 0.29) is 11.3 Å². The normalized spacial score (nSPS) is 13.8. The molecule has 0 aliphatic rings. The van der Waals surface area contributed by atoms with Gasteiger partial charge < -0.3 is 15.2 Å². The fourth-order valence-electron chi connectivity index (χ4n) is 2.20. The lowest BCUT2D eigenvalue weighted by Gasteiger charge is -2.31. The number of aliphatic hydroxyl groups is 1. The van der Waals surface area contributed by atoms with Crippen molar-refractivity contribution in [2.75, 3.05) is 13.7 Å². The van der Waals surface area contributed by atoms with Crippen molar-refractivity contribution < 1.29 is 32.2 Å². The molecule has 1 atom stereocenters. The lowest BCUT2D eigenvalue weighted by atomic mass is 9.93. The highest BCUT2D eigenvalue weighted by Gasteiger charge is 2.55. The number of benzene rings is 2. The summed E-state index contributed by atoms with van der Waals surface area (Å²) in [6.45, 7) is -1.12. The number of alkyl halides is 3. The molecule has 4 nitrogen and oxygen atoms in total. The average molecular weight is 357 g/mol. The minimum Gasteiger partial charge on any atom is -0.494 e. The Balaban J connectivity index is 2.21. The molecule has 25 heavy (non-hydrogen) atoms. The predicted octanol–water partition coefficient (Wildman–Crippen LogP) is 3.01. The molecule has 134 valence electrons. The van der Waals surface area contributed by atoms with Crippen molar-refractivity contribution in [1.29, 1.82) is 0 Å². The molecule has 0 spiro atoms. The van der Waals surface area contributed by atoms with Gasteiger partial charge >= 0.3 is 6.18 Å². The van der Waals surface area contributed by atoms with Gasteiger partial charge in [0.05, 0.1) is 13.7 Å². The predicted molar refractivity (Wildman–Crippen MR) is 81.7 cm³/mol. The van der Waals surface area contributed by atoms with E-state index in [1.807, 2.05) is 5.32 Å². The van der Waals surface area contributed by atoms with Gasteiger partial charge in [-0.3, -0.25) is 4.79 Å². The second-order valence-electron chi connectivity index (χ2n) is 5.26. The first-order valence-corrected chi connectivity index (χ1v) is 7.15. The summed E-state index contributed by atoms with van der Waals surface area (Å²) in [6.07, 6.45) is -5.02. The van der Waals surface area contributed by atoms with Crippen LogP contribution in [0.1, 0.15) is 15.9 Å². The molecular formula is C17H15F4NO3. The molecule has 0 unspecified atom stereocenters. The van der Waals surface area contributed by atoms with E-state index >= 15 is 0 Å². The van der Waals surface area contributed by atoms with Gasteiger partial charge in [0.1, 0.15) is 0 Å². The third kappa shape index (κ3) is 3.90. The third-order valence-electron chi connectivity index (χ3n) is 3.64. The molecule has 0 heterocycles. The standard InChI is InChI=1S/C17H15F4NO3/c1-25-14-8-7-11(9-13(14)18)15(23)22-10-16(24,17(19,20)21)12-5-3-2-4-6-12/h2-9,24H,10H2,1H3,(H,22,23)/t16-/m1/s1. The van der Waals surface area contributed by atoms with Crippen LogP contribution in [0.4, 0.5) is 17.6 Å². The summed E-state index contributed by atoms with van der Waals surface area (Å²) in [6, 6.07) is 9.60. The summed E-state index contributed by atoms with van der Waals surface area (Å²) >= 11 is 0. The van der Waals surface area contributed by atoms with E-state index in [2.05, 4.69) is 0 Å². The molecule has 2 N–H and O–H groups in total. The monoisotopic (exact) mass is 357 g/mol. The summed E-state index contributed by atoms with van der Waals surface area (Å²) in [5.74, 6) is -1.89. The molecule has 0 fully saturated rings. The number of amides is 1. The van der Waals surface area contributed by atoms with Crippen molar-refractivity contribution in [2.45, 2.75) is 11.8 Å². The first-order chi connectivity index (χ1) is 11.7. The summed E-state index contributed by atoms with van der Waals surface area (Å²) in [4.78, 5) is 12.0. The van der Waals surface area contributed by atoms with Gasteiger partial charge in [0.2, 0.25) is 5.60 Å². The van der Waals surface area contributed by atoms with Gasteiger partial charge in [-0.2, -0.15) is 13.2 Å². The smallest absolute Gasteiger partial charge is 0.423 e. The van der Waals surface area contributed by atoms with Crippen molar-refractivity contribution in [1.82, 2.24) is 5.32 Å². The maximum Gasteiger partial charge on any atom is 0.423 e. The minimum atomic E-state index is -5.02. The van der Waals surface area contributed by atoms with E-state index in [9.17, 15) is 27.5 Å². The van der Waals surface area contributed by atoms with Gasteiger partial charge in [0.15, 0.2) is 11.6 Å². The topological polar surface area (TPSA) is 58.6 Å². The Morgan fingerprint density at radius 2 is 1.80 bits per heavy atom. The van der Waals surface area contributed by atoms with Crippen molar-refractivity contribution >= 4 is 5.91 Å². The quantitative estimate of drug-likeness (QED) is 0.809. The van der Waals surface area contributed by atoms with Gasteiger partial charge in [-0.25, -0.2) is 4.39 Å². The van der Waals surface area contributed by atoms with Gasteiger partial charge in [0.25, 0.3) is 5.91 Å². The molecule has 0 aromatic heterocycles. The van der Waals surface area contributed by atoms with E-state index in [1.165, 1.54) is 37.4 Å². The van der Waals surface area contributed by atoms with E-state index in [0.717, 1.165) is 18.2 Å². The second kappa shape index (κ2) is 7.10. The van der Waals surface area contributed by atoms with Crippen molar-refractivity contribution in [3.63, 3.8) is 0 Å². The number of halogens is 4. The lowest BCUT2D eigenvalue weighted by molar-refractivity contribution is -0.263. The minimum absolute atomic E-state index is 0.104. The lowest BCUT2D eigenvalue weighted by Crippen LogP contribution is -2.51. The van der Waals surface area contributed by atoms with Crippen LogP contribution in [0.2, 0.25) is 0 Å². The molecule has 2 aromatic carbocycles. The van der Waals surface area contributed by atoms with Gasteiger partial charge in [0, 0.05) is 5.56 Å². The Hall–Kier alpha value is -2.61. The Labute approximate surface area is 141 Å². The van der Waals surface area contributed by atoms with Crippen LogP contribution in [0.25, 0.3) is 0 Å². The van der Waals surface area contributed by atoms with Gasteiger partial charge in [-0.1, -0.05) is 30.3 Å². The number of rotatable bonds is 5. The molecule has 8 heteroatoms.